The lowest BCUT2D eigenvalue weighted by Crippen LogP contribution is -2.59. The molecule has 1 aromatic rings. The molecule has 2 atom stereocenters. The number of nitrogens with one attached hydrogen (secondary N) is 1. The summed E-state index contributed by atoms with van der Waals surface area (Å²) in [4.78, 5) is 51.4. The second kappa shape index (κ2) is 8.44. The molecule has 1 aliphatic carbocycles. The zero-order valence-electron chi connectivity index (χ0n) is 19.0. The van der Waals surface area contributed by atoms with Gasteiger partial charge >= 0.3 is 5.97 Å². The number of carbonyl (C=O) groups is 4. The van der Waals surface area contributed by atoms with Crippen LogP contribution in [0.4, 0.5) is 5.69 Å². The number of hydrogen-bond donors (Lipinski definition) is 1. The first-order valence-corrected chi connectivity index (χ1v) is 10.9. The fourth-order valence-corrected chi connectivity index (χ4v) is 4.71. The Bertz CT molecular complexity index is 890. The number of benzene rings is 1. The summed E-state index contributed by atoms with van der Waals surface area (Å²) >= 11 is 0. The second-order valence-corrected chi connectivity index (χ2v) is 9.62. The number of hydrogen-bond acceptors (Lipinski definition) is 5. The van der Waals surface area contributed by atoms with Gasteiger partial charge in [-0.05, 0) is 62.8 Å². The van der Waals surface area contributed by atoms with E-state index in [2.05, 4.69) is 5.32 Å². The Kier molecular flexibility index (Phi) is 6.25. The van der Waals surface area contributed by atoms with E-state index in [1.807, 2.05) is 20.8 Å². The fraction of sp³-hybridized carbons (Fsp3) is 0.583. The summed E-state index contributed by atoms with van der Waals surface area (Å²) in [6.07, 6.45) is 1.87. The molecule has 0 aromatic heterocycles. The van der Waals surface area contributed by atoms with Gasteiger partial charge in [-0.1, -0.05) is 20.8 Å². The molecule has 3 rings (SSSR count). The molecular formula is C24H32N2O5. The smallest absolute Gasteiger partial charge is 0.338 e. The molecule has 3 amide bonds. The summed E-state index contributed by atoms with van der Waals surface area (Å²) < 4.78 is 5.14. The molecule has 2 fully saturated rings. The van der Waals surface area contributed by atoms with Gasteiger partial charge in [0.25, 0.3) is 0 Å². The number of esters is 1. The van der Waals surface area contributed by atoms with Gasteiger partial charge in [-0.25, -0.2) is 4.79 Å². The van der Waals surface area contributed by atoms with Gasteiger partial charge in [0.1, 0.15) is 0 Å². The topological polar surface area (TPSA) is 92.8 Å². The van der Waals surface area contributed by atoms with Crippen molar-refractivity contribution in [1.82, 2.24) is 4.90 Å². The number of ether oxygens (including phenoxy) is 1. The molecule has 1 aromatic carbocycles. The second-order valence-electron chi connectivity index (χ2n) is 9.62. The summed E-state index contributed by atoms with van der Waals surface area (Å²) in [5.41, 5.74) is 0.137. The Morgan fingerprint density at radius 1 is 1.16 bits per heavy atom. The van der Waals surface area contributed by atoms with Gasteiger partial charge in [-0.15, -0.1) is 0 Å². The molecule has 1 saturated carbocycles. The van der Waals surface area contributed by atoms with Gasteiger partial charge in [0.15, 0.2) is 0 Å². The van der Waals surface area contributed by atoms with E-state index in [0.29, 0.717) is 17.7 Å². The van der Waals surface area contributed by atoms with Crippen molar-refractivity contribution in [2.75, 3.05) is 11.9 Å². The molecule has 1 saturated heterocycles. The highest BCUT2D eigenvalue weighted by molar-refractivity contribution is 6.03. The van der Waals surface area contributed by atoms with E-state index in [9.17, 15) is 19.2 Å². The van der Waals surface area contributed by atoms with Crippen LogP contribution >= 0.6 is 0 Å². The third-order valence-electron chi connectivity index (χ3n) is 7.04. The van der Waals surface area contributed by atoms with Gasteiger partial charge in [0, 0.05) is 24.6 Å². The molecule has 1 heterocycles. The van der Waals surface area contributed by atoms with Crippen LogP contribution in [0, 0.1) is 16.7 Å². The third kappa shape index (κ3) is 4.23. The van der Waals surface area contributed by atoms with Crippen LogP contribution in [-0.2, 0) is 19.1 Å². The highest BCUT2D eigenvalue weighted by atomic mass is 16.5. The maximum Gasteiger partial charge on any atom is 0.338 e. The summed E-state index contributed by atoms with van der Waals surface area (Å²) in [6, 6.07) is 6.49. The molecular weight excluding hydrogens is 396 g/mol. The van der Waals surface area contributed by atoms with E-state index in [-0.39, 0.29) is 48.1 Å². The maximum atomic E-state index is 13.0. The van der Waals surface area contributed by atoms with E-state index in [1.54, 1.807) is 38.1 Å². The number of piperidine rings is 1. The van der Waals surface area contributed by atoms with Crippen LogP contribution < -0.4 is 5.32 Å². The number of rotatable bonds is 7. The van der Waals surface area contributed by atoms with Crippen LogP contribution in [0.1, 0.15) is 70.7 Å². The highest BCUT2D eigenvalue weighted by Crippen LogP contribution is 2.60. The normalized spacial score (nSPS) is 24.5. The highest BCUT2D eigenvalue weighted by Gasteiger charge is 2.64. The summed E-state index contributed by atoms with van der Waals surface area (Å²) in [5.74, 6) is -0.960. The summed E-state index contributed by atoms with van der Waals surface area (Å²) in [7, 11) is 0. The molecule has 0 spiro atoms. The first kappa shape index (κ1) is 23.0. The zero-order valence-corrected chi connectivity index (χ0v) is 19.0. The first-order chi connectivity index (χ1) is 14.5. The number of carbonyl (C=O) groups excluding carboxylic acids is 4. The van der Waals surface area contributed by atoms with Crippen molar-refractivity contribution >= 4 is 29.4 Å². The molecule has 168 valence electrons. The SMILES string of the molecule is CC(C)OC(=O)c1ccc(NC(=O)CCCN2C(=O)C3CCC(C)(C2=O)C3(C)C)cc1. The number of imide groups is 1. The number of likely N-dealkylation sites (tertiary alicyclic amines) is 1. The first-order valence-electron chi connectivity index (χ1n) is 10.9. The Hall–Kier alpha value is -2.70. The van der Waals surface area contributed by atoms with Crippen molar-refractivity contribution in [2.45, 2.75) is 66.4 Å². The number of fused-ring (bicyclic) bond motifs is 2. The Labute approximate surface area is 183 Å². The van der Waals surface area contributed by atoms with E-state index < -0.39 is 11.4 Å². The van der Waals surface area contributed by atoms with E-state index >= 15 is 0 Å². The van der Waals surface area contributed by atoms with Gasteiger partial charge in [0.2, 0.25) is 17.7 Å². The van der Waals surface area contributed by atoms with E-state index in [1.165, 1.54) is 4.90 Å². The number of nitrogens with zero attached hydrogens (tertiary/aromatic N) is 1. The standard InChI is InChI=1S/C24H32N2O5/c1-15(2)31-21(29)16-8-10-17(11-9-16)25-19(27)7-6-14-26-20(28)18-12-13-24(5,22(26)30)23(18,3)4/h8-11,15,18H,6-7,12-14H2,1-5H3,(H,25,27). The van der Waals surface area contributed by atoms with Crippen LogP contribution in [0.2, 0.25) is 0 Å². The Balaban J connectivity index is 1.51. The summed E-state index contributed by atoms with van der Waals surface area (Å²) in [5, 5.41) is 2.78. The number of amides is 3. The average molecular weight is 429 g/mol. The molecule has 31 heavy (non-hydrogen) atoms. The Morgan fingerprint density at radius 3 is 2.42 bits per heavy atom. The van der Waals surface area contributed by atoms with Crippen LogP contribution in [0.25, 0.3) is 0 Å². The molecule has 7 nitrogen and oxygen atoms in total. The maximum absolute atomic E-state index is 13.0. The quantitative estimate of drug-likeness (QED) is 0.527. The molecule has 1 aliphatic heterocycles. The monoisotopic (exact) mass is 428 g/mol. The van der Waals surface area contributed by atoms with E-state index in [0.717, 1.165) is 12.8 Å². The van der Waals surface area contributed by atoms with Crippen LogP contribution in [0.3, 0.4) is 0 Å². The minimum Gasteiger partial charge on any atom is -0.459 e. The van der Waals surface area contributed by atoms with Gasteiger partial charge < -0.3 is 10.1 Å². The minimum atomic E-state index is -0.522. The van der Waals surface area contributed by atoms with Crippen molar-refractivity contribution in [3.05, 3.63) is 29.8 Å². The van der Waals surface area contributed by atoms with Crippen LogP contribution in [0.15, 0.2) is 24.3 Å². The van der Waals surface area contributed by atoms with Crippen LogP contribution in [-0.4, -0.2) is 41.2 Å². The molecule has 7 heteroatoms. The van der Waals surface area contributed by atoms with E-state index in [4.69, 9.17) is 4.74 Å². The number of anilines is 1. The Morgan fingerprint density at radius 2 is 1.81 bits per heavy atom. The molecule has 2 aliphatic rings. The predicted molar refractivity (Wildman–Crippen MR) is 116 cm³/mol. The zero-order chi connectivity index (χ0) is 23.0. The molecule has 1 N–H and O–H groups in total. The minimum absolute atomic E-state index is 0.103. The lowest BCUT2D eigenvalue weighted by Gasteiger charge is -2.47. The lowest BCUT2D eigenvalue weighted by molar-refractivity contribution is -0.168. The average Bonchev–Trinajstić information content (AvgIpc) is 2.88. The molecule has 2 bridgehead atoms. The van der Waals surface area contributed by atoms with Gasteiger partial charge in [-0.2, -0.15) is 0 Å². The van der Waals surface area contributed by atoms with Crippen molar-refractivity contribution in [2.24, 2.45) is 16.7 Å². The van der Waals surface area contributed by atoms with Gasteiger partial charge in [0.05, 0.1) is 17.1 Å². The lowest BCUT2D eigenvalue weighted by atomic mass is 9.62. The van der Waals surface area contributed by atoms with Crippen molar-refractivity contribution in [3.63, 3.8) is 0 Å². The molecule has 2 unspecified atom stereocenters. The molecule has 0 radical (unpaired) electrons. The van der Waals surface area contributed by atoms with Crippen molar-refractivity contribution in [1.29, 1.82) is 0 Å². The largest absolute Gasteiger partial charge is 0.459 e. The predicted octanol–water partition coefficient (Wildman–Crippen LogP) is 3.78. The van der Waals surface area contributed by atoms with Crippen molar-refractivity contribution in [3.8, 4) is 0 Å². The van der Waals surface area contributed by atoms with Gasteiger partial charge in [-0.3, -0.25) is 19.3 Å². The summed E-state index contributed by atoms with van der Waals surface area (Å²) in [6.45, 7) is 9.81. The fourth-order valence-electron chi connectivity index (χ4n) is 4.71. The van der Waals surface area contributed by atoms with Crippen LogP contribution in [0.5, 0.6) is 0 Å². The van der Waals surface area contributed by atoms with Crippen molar-refractivity contribution < 1.29 is 23.9 Å². The third-order valence-corrected chi connectivity index (χ3v) is 7.04.